The number of aryl methyl sites for hydroxylation is 2. The maximum Gasteiger partial charge on any atom is 0.0767 e. The fourth-order valence-corrected chi connectivity index (χ4v) is 3.04. The molecule has 2 rings (SSSR count). The first-order valence-corrected chi connectivity index (χ1v) is 7.07. The Morgan fingerprint density at radius 2 is 2.29 bits per heavy atom. The molecule has 1 N–H and O–H groups in total. The first kappa shape index (κ1) is 13.1. The molecule has 1 atom stereocenters. The molecule has 0 amide bonds. The lowest BCUT2D eigenvalue weighted by Crippen LogP contribution is -2.49. The molecule has 0 saturated carbocycles. The van der Waals surface area contributed by atoms with E-state index in [0.29, 0.717) is 6.04 Å². The molecule has 17 heavy (non-hydrogen) atoms. The highest BCUT2D eigenvalue weighted by Gasteiger charge is 2.21. The second-order valence-corrected chi connectivity index (χ2v) is 5.50. The first-order chi connectivity index (χ1) is 8.13. The molecule has 1 aliphatic rings. The van der Waals surface area contributed by atoms with Crippen molar-refractivity contribution < 1.29 is 0 Å². The number of hydrogen-bond donors (Lipinski definition) is 1. The van der Waals surface area contributed by atoms with Gasteiger partial charge >= 0.3 is 0 Å². The quantitative estimate of drug-likeness (QED) is 0.919. The third-order valence-corrected chi connectivity index (χ3v) is 4.41. The highest BCUT2D eigenvalue weighted by molar-refractivity contribution is 9.10. The van der Waals surface area contributed by atoms with Gasteiger partial charge in [-0.05, 0) is 29.3 Å². The van der Waals surface area contributed by atoms with Crippen LogP contribution in [-0.2, 0) is 20.0 Å². The Morgan fingerprint density at radius 1 is 1.53 bits per heavy atom. The summed E-state index contributed by atoms with van der Waals surface area (Å²) in [5, 5.41) is 7.97. The zero-order valence-corrected chi connectivity index (χ0v) is 12.4. The van der Waals surface area contributed by atoms with Crippen LogP contribution < -0.4 is 5.32 Å². The van der Waals surface area contributed by atoms with Gasteiger partial charge in [0.25, 0.3) is 0 Å². The van der Waals surface area contributed by atoms with Crippen molar-refractivity contribution in [2.24, 2.45) is 7.05 Å². The van der Waals surface area contributed by atoms with Crippen molar-refractivity contribution in [2.45, 2.75) is 32.9 Å². The van der Waals surface area contributed by atoms with Gasteiger partial charge in [-0.25, -0.2) is 0 Å². The van der Waals surface area contributed by atoms with E-state index in [1.54, 1.807) is 0 Å². The lowest BCUT2D eigenvalue weighted by atomic mass is 10.2. The van der Waals surface area contributed by atoms with Gasteiger partial charge in [0.2, 0.25) is 0 Å². The molecule has 2 heterocycles. The van der Waals surface area contributed by atoms with Crippen LogP contribution in [0.25, 0.3) is 0 Å². The predicted octanol–water partition coefficient (Wildman–Crippen LogP) is 1.54. The topological polar surface area (TPSA) is 33.1 Å². The van der Waals surface area contributed by atoms with Gasteiger partial charge < -0.3 is 5.32 Å². The lowest BCUT2D eigenvalue weighted by Gasteiger charge is -2.33. The molecule has 0 spiro atoms. The molecular weight excluding hydrogens is 280 g/mol. The number of hydrogen-bond acceptors (Lipinski definition) is 3. The van der Waals surface area contributed by atoms with Crippen LogP contribution in [0, 0.1) is 0 Å². The summed E-state index contributed by atoms with van der Waals surface area (Å²) in [6.07, 6.45) is 0.978. The van der Waals surface area contributed by atoms with Crippen LogP contribution in [0.5, 0.6) is 0 Å². The molecule has 96 valence electrons. The third-order valence-electron chi connectivity index (χ3n) is 3.49. The zero-order valence-electron chi connectivity index (χ0n) is 10.8. The Hall–Kier alpha value is -0.390. The second-order valence-electron chi connectivity index (χ2n) is 4.71. The number of nitrogens with one attached hydrogen (secondary N) is 1. The van der Waals surface area contributed by atoms with Gasteiger partial charge in [0.05, 0.1) is 15.9 Å². The molecule has 0 aliphatic carbocycles. The number of rotatable bonds is 3. The molecular formula is C12H21BrN4. The summed E-state index contributed by atoms with van der Waals surface area (Å²) in [4.78, 5) is 2.51. The second kappa shape index (κ2) is 5.50. The minimum absolute atomic E-state index is 0.593. The summed E-state index contributed by atoms with van der Waals surface area (Å²) in [5.41, 5.74) is 2.45. The van der Waals surface area contributed by atoms with Crippen molar-refractivity contribution >= 4 is 15.9 Å². The molecule has 1 aromatic rings. The number of halogens is 1. The number of aromatic nitrogens is 2. The smallest absolute Gasteiger partial charge is 0.0767 e. The molecule has 0 bridgehead atoms. The van der Waals surface area contributed by atoms with E-state index >= 15 is 0 Å². The fraction of sp³-hybridized carbons (Fsp3) is 0.750. The van der Waals surface area contributed by atoms with Crippen LogP contribution in [-0.4, -0.2) is 40.4 Å². The molecule has 0 aromatic carbocycles. The van der Waals surface area contributed by atoms with Crippen molar-refractivity contribution in [2.75, 3.05) is 19.6 Å². The molecule has 1 aromatic heterocycles. The van der Waals surface area contributed by atoms with Crippen LogP contribution in [0.4, 0.5) is 0 Å². The highest BCUT2D eigenvalue weighted by atomic mass is 79.9. The van der Waals surface area contributed by atoms with Crippen LogP contribution in [0.15, 0.2) is 4.47 Å². The molecule has 1 saturated heterocycles. The third kappa shape index (κ3) is 2.72. The summed E-state index contributed by atoms with van der Waals surface area (Å²) >= 11 is 3.68. The minimum atomic E-state index is 0.593. The van der Waals surface area contributed by atoms with Gasteiger partial charge in [-0.3, -0.25) is 9.58 Å². The van der Waals surface area contributed by atoms with Gasteiger partial charge in [0.15, 0.2) is 0 Å². The minimum Gasteiger partial charge on any atom is -0.314 e. The van der Waals surface area contributed by atoms with Gasteiger partial charge in [0.1, 0.15) is 0 Å². The molecule has 0 radical (unpaired) electrons. The van der Waals surface area contributed by atoms with Gasteiger partial charge in [-0.15, -0.1) is 0 Å². The average molecular weight is 301 g/mol. The Labute approximate surface area is 111 Å². The van der Waals surface area contributed by atoms with Crippen molar-refractivity contribution in [3.63, 3.8) is 0 Å². The van der Waals surface area contributed by atoms with Gasteiger partial charge in [-0.1, -0.05) is 6.92 Å². The first-order valence-electron chi connectivity index (χ1n) is 6.28. The summed E-state index contributed by atoms with van der Waals surface area (Å²) < 4.78 is 3.20. The average Bonchev–Trinajstić information content (AvgIpc) is 2.59. The van der Waals surface area contributed by atoms with E-state index in [2.05, 4.69) is 45.1 Å². The summed E-state index contributed by atoms with van der Waals surface area (Å²) in [6, 6.07) is 0.593. The number of nitrogens with zero attached hydrogens (tertiary/aromatic N) is 3. The largest absolute Gasteiger partial charge is 0.314 e. The van der Waals surface area contributed by atoms with E-state index < -0.39 is 0 Å². The van der Waals surface area contributed by atoms with Crippen molar-refractivity contribution in [1.82, 2.24) is 20.0 Å². The zero-order chi connectivity index (χ0) is 12.4. The fourth-order valence-electron chi connectivity index (χ4n) is 2.30. The standard InChI is InChI=1S/C12H21BrN4/c1-4-10-12(13)11(16(3)15-10)8-17-6-5-14-7-9(17)2/h9,14H,4-8H2,1-3H3. The van der Waals surface area contributed by atoms with Crippen LogP contribution in [0.3, 0.4) is 0 Å². The summed E-state index contributed by atoms with van der Waals surface area (Å²) in [5.74, 6) is 0. The van der Waals surface area contributed by atoms with Crippen LogP contribution in [0.2, 0.25) is 0 Å². The molecule has 5 heteroatoms. The van der Waals surface area contributed by atoms with Crippen LogP contribution >= 0.6 is 15.9 Å². The summed E-state index contributed by atoms with van der Waals surface area (Å²) in [7, 11) is 2.03. The molecule has 1 fully saturated rings. The van der Waals surface area contributed by atoms with Gasteiger partial charge in [0, 0.05) is 39.3 Å². The van der Waals surface area contributed by atoms with E-state index in [4.69, 9.17) is 0 Å². The predicted molar refractivity (Wildman–Crippen MR) is 73.0 cm³/mol. The molecule has 1 aliphatic heterocycles. The van der Waals surface area contributed by atoms with E-state index in [0.717, 1.165) is 38.3 Å². The normalized spacial score (nSPS) is 22.0. The van der Waals surface area contributed by atoms with Crippen LogP contribution in [0.1, 0.15) is 25.2 Å². The highest BCUT2D eigenvalue weighted by Crippen LogP contribution is 2.23. The van der Waals surface area contributed by atoms with E-state index in [1.165, 1.54) is 10.2 Å². The van der Waals surface area contributed by atoms with E-state index in [-0.39, 0.29) is 0 Å². The maximum atomic E-state index is 4.55. The van der Waals surface area contributed by atoms with Gasteiger partial charge in [-0.2, -0.15) is 5.10 Å². The SMILES string of the molecule is CCc1nn(C)c(CN2CCNCC2C)c1Br. The summed E-state index contributed by atoms with van der Waals surface area (Å²) in [6.45, 7) is 8.67. The van der Waals surface area contributed by atoms with E-state index in [9.17, 15) is 0 Å². The molecule has 1 unspecified atom stereocenters. The van der Waals surface area contributed by atoms with Crippen molar-refractivity contribution in [3.05, 3.63) is 15.9 Å². The Balaban J connectivity index is 2.14. The Morgan fingerprint density at radius 3 is 2.88 bits per heavy atom. The lowest BCUT2D eigenvalue weighted by molar-refractivity contribution is 0.161. The Kier molecular flexibility index (Phi) is 4.22. The van der Waals surface area contributed by atoms with Crippen molar-refractivity contribution in [1.29, 1.82) is 0 Å². The van der Waals surface area contributed by atoms with E-state index in [1.807, 2.05) is 11.7 Å². The number of piperazine rings is 1. The monoisotopic (exact) mass is 300 g/mol. The van der Waals surface area contributed by atoms with Crippen molar-refractivity contribution in [3.8, 4) is 0 Å². The molecule has 4 nitrogen and oxygen atoms in total. The maximum absolute atomic E-state index is 4.55. The Bertz CT molecular complexity index is 388.